The van der Waals surface area contributed by atoms with Crippen molar-refractivity contribution in [1.29, 1.82) is 0 Å². The Balaban J connectivity index is 1.65. The molecule has 3 heterocycles. The lowest BCUT2D eigenvalue weighted by atomic mass is 9.92. The first kappa shape index (κ1) is 15.3. The van der Waals surface area contributed by atoms with Crippen molar-refractivity contribution in [2.24, 2.45) is 0 Å². The smallest absolute Gasteiger partial charge is 0.264 e. The number of thiophene rings is 1. The van der Waals surface area contributed by atoms with Crippen LogP contribution in [0.4, 0.5) is 0 Å². The van der Waals surface area contributed by atoms with Crippen LogP contribution in [-0.2, 0) is 0 Å². The van der Waals surface area contributed by atoms with E-state index in [4.69, 9.17) is 11.6 Å². The lowest BCUT2D eigenvalue weighted by molar-refractivity contribution is -0.0430. The Kier molecular flexibility index (Phi) is 4.54. The van der Waals surface area contributed by atoms with Gasteiger partial charge < -0.3 is 14.9 Å². The molecule has 4 nitrogen and oxygen atoms in total. The maximum absolute atomic E-state index is 12.5. The van der Waals surface area contributed by atoms with Crippen LogP contribution in [0.2, 0.25) is 4.34 Å². The highest BCUT2D eigenvalue weighted by Gasteiger charge is 2.37. The molecule has 0 spiro atoms. The number of halogens is 1. The Labute approximate surface area is 134 Å². The number of aliphatic hydroxyl groups is 1. The van der Waals surface area contributed by atoms with E-state index in [2.05, 4.69) is 4.90 Å². The zero-order chi connectivity index (χ0) is 14.9. The fourth-order valence-electron chi connectivity index (χ4n) is 3.36. The molecule has 1 atom stereocenters. The number of likely N-dealkylation sites (tertiary alicyclic amines) is 2. The molecule has 0 radical (unpaired) electrons. The number of hydrogen-bond acceptors (Lipinski definition) is 4. The highest BCUT2D eigenvalue weighted by Crippen LogP contribution is 2.28. The number of piperidine rings is 1. The first-order chi connectivity index (χ1) is 10.1. The molecule has 2 saturated heterocycles. The van der Waals surface area contributed by atoms with Gasteiger partial charge in [-0.1, -0.05) is 11.6 Å². The minimum absolute atomic E-state index is 0.00792. The molecule has 3 rings (SSSR count). The van der Waals surface area contributed by atoms with Crippen LogP contribution in [0.25, 0.3) is 0 Å². The molecule has 6 heteroatoms. The average Bonchev–Trinajstić information content (AvgIpc) is 3.09. The Morgan fingerprint density at radius 2 is 2.05 bits per heavy atom. The molecule has 0 saturated carbocycles. The average molecular weight is 329 g/mol. The van der Waals surface area contributed by atoms with Gasteiger partial charge in [-0.2, -0.15) is 0 Å². The summed E-state index contributed by atoms with van der Waals surface area (Å²) in [7, 11) is 0. The van der Waals surface area contributed by atoms with Gasteiger partial charge in [-0.25, -0.2) is 0 Å². The molecule has 1 amide bonds. The Morgan fingerprint density at radius 3 is 2.71 bits per heavy atom. The number of amides is 1. The van der Waals surface area contributed by atoms with E-state index in [0.29, 0.717) is 22.3 Å². The fourth-order valence-corrected chi connectivity index (χ4v) is 4.37. The third kappa shape index (κ3) is 3.59. The summed E-state index contributed by atoms with van der Waals surface area (Å²) in [4.78, 5) is 17.2. The third-order valence-electron chi connectivity index (χ3n) is 4.34. The summed E-state index contributed by atoms with van der Waals surface area (Å²) < 4.78 is 0.627. The van der Waals surface area contributed by atoms with Gasteiger partial charge in [0, 0.05) is 13.1 Å². The minimum atomic E-state index is -0.765. The standard InChI is InChI=1S/C15H21ClN2O2S/c16-13-5-4-12(21-13)14(19)18-9-3-6-15(20,11-18)10-17-7-1-2-8-17/h4-5,20H,1-3,6-11H2. The van der Waals surface area contributed by atoms with Crippen LogP contribution in [0.3, 0.4) is 0 Å². The second-order valence-electron chi connectivity index (χ2n) is 6.14. The number of nitrogens with zero attached hydrogens (tertiary/aromatic N) is 2. The summed E-state index contributed by atoms with van der Waals surface area (Å²) >= 11 is 7.21. The zero-order valence-corrected chi connectivity index (χ0v) is 13.6. The van der Waals surface area contributed by atoms with Gasteiger partial charge in [0.2, 0.25) is 0 Å². The van der Waals surface area contributed by atoms with E-state index in [9.17, 15) is 9.90 Å². The first-order valence-corrected chi connectivity index (χ1v) is 8.75. The van der Waals surface area contributed by atoms with Crippen LogP contribution in [0.15, 0.2) is 12.1 Å². The SMILES string of the molecule is O=C(c1ccc(Cl)s1)N1CCCC(O)(CN2CCCC2)C1. The van der Waals surface area contributed by atoms with Crippen LogP contribution < -0.4 is 0 Å². The second kappa shape index (κ2) is 6.24. The number of carbonyl (C=O) groups excluding carboxylic acids is 1. The van der Waals surface area contributed by atoms with Gasteiger partial charge in [0.1, 0.15) is 0 Å². The van der Waals surface area contributed by atoms with Gasteiger partial charge in [0.25, 0.3) is 5.91 Å². The van der Waals surface area contributed by atoms with Gasteiger partial charge in [-0.3, -0.25) is 4.79 Å². The largest absolute Gasteiger partial charge is 0.387 e. The zero-order valence-electron chi connectivity index (χ0n) is 12.1. The molecule has 21 heavy (non-hydrogen) atoms. The van der Waals surface area contributed by atoms with Gasteiger partial charge in [0.05, 0.1) is 21.4 Å². The number of hydrogen-bond donors (Lipinski definition) is 1. The predicted molar refractivity (Wildman–Crippen MR) is 85.1 cm³/mol. The van der Waals surface area contributed by atoms with E-state index in [-0.39, 0.29) is 5.91 Å². The highest BCUT2D eigenvalue weighted by molar-refractivity contribution is 7.17. The summed E-state index contributed by atoms with van der Waals surface area (Å²) in [6.07, 6.45) is 4.06. The molecule has 2 fully saturated rings. The van der Waals surface area contributed by atoms with Crippen molar-refractivity contribution < 1.29 is 9.90 Å². The summed E-state index contributed by atoms with van der Waals surface area (Å²) in [5.74, 6) is -0.00792. The topological polar surface area (TPSA) is 43.8 Å². The van der Waals surface area contributed by atoms with Gasteiger partial charge in [0.15, 0.2) is 0 Å². The van der Waals surface area contributed by atoms with Crippen molar-refractivity contribution in [2.45, 2.75) is 31.3 Å². The van der Waals surface area contributed by atoms with Crippen molar-refractivity contribution in [2.75, 3.05) is 32.7 Å². The van der Waals surface area contributed by atoms with E-state index in [0.717, 1.165) is 32.5 Å². The second-order valence-corrected chi connectivity index (χ2v) is 7.86. The molecule has 1 aromatic rings. The summed E-state index contributed by atoms with van der Waals surface area (Å²) in [6, 6.07) is 3.52. The maximum Gasteiger partial charge on any atom is 0.264 e. The van der Waals surface area contributed by atoms with Crippen LogP contribution in [-0.4, -0.2) is 59.1 Å². The Morgan fingerprint density at radius 1 is 1.29 bits per heavy atom. The van der Waals surface area contributed by atoms with Crippen molar-refractivity contribution in [1.82, 2.24) is 9.80 Å². The van der Waals surface area contributed by atoms with E-state index < -0.39 is 5.60 Å². The lowest BCUT2D eigenvalue weighted by Crippen LogP contribution is -2.55. The van der Waals surface area contributed by atoms with E-state index >= 15 is 0 Å². The summed E-state index contributed by atoms with van der Waals surface area (Å²) in [5, 5.41) is 10.8. The lowest BCUT2D eigenvalue weighted by Gasteiger charge is -2.41. The van der Waals surface area contributed by atoms with Crippen LogP contribution in [0, 0.1) is 0 Å². The minimum Gasteiger partial charge on any atom is -0.387 e. The normalized spacial score (nSPS) is 27.2. The number of carbonyl (C=O) groups is 1. The molecular formula is C15H21ClN2O2S. The first-order valence-electron chi connectivity index (χ1n) is 7.55. The van der Waals surface area contributed by atoms with Crippen LogP contribution in [0.1, 0.15) is 35.4 Å². The maximum atomic E-state index is 12.5. The monoisotopic (exact) mass is 328 g/mol. The van der Waals surface area contributed by atoms with E-state index in [1.54, 1.807) is 17.0 Å². The predicted octanol–water partition coefficient (Wildman–Crippen LogP) is 2.46. The van der Waals surface area contributed by atoms with E-state index in [1.165, 1.54) is 24.2 Å². The summed E-state index contributed by atoms with van der Waals surface area (Å²) in [6.45, 7) is 3.96. The number of β-amino-alcohol motifs (C(OH)–C–C–N with tert-alkyl or cyclic N) is 1. The molecule has 2 aliphatic rings. The molecule has 0 aliphatic carbocycles. The van der Waals surface area contributed by atoms with Crippen molar-refractivity contribution in [3.63, 3.8) is 0 Å². The molecule has 116 valence electrons. The summed E-state index contributed by atoms with van der Waals surface area (Å²) in [5.41, 5.74) is -0.765. The Bertz CT molecular complexity index is 516. The number of rotatable bonds is 3. The highest BCUT2D eigenvalue weighted by atomic mass is 35.5. The molecule has 1 unspecified atom stereocenters. The van der Waals surface area contributed by atoms with Gasteiger partial charge in [-0.15, -0.1) is 11.3 Å². The third-order valence-corrected chi connectivity index (χ3v) is 5.56. The van der Waals surface area contributed by atoms with Crippen molar-refractivity contribution in [3.8, 4) is 0 Å². The van der Waals surface area contributed by atoms with Gasteiger partial charge in [-0.05, 0) is 50.9 Å². The van der Waals surface area contributed by atoms with Crippen molar-refractivity contribution in [3.05, 3.63) is 21.3 Å². The van der Waals surface area contributed by atoms with Crippen molar-refractivity contribution >= 4 is 28.8 Å². The van der Waals surface area contributed by atoms with Crippen LogP contribution >= 0.6 is 22.9 Å². The Hall–Kier alpha value is -0.620. The molecule has 1 N–H and O–H groups in total. The molecule has 0 bridgehead atoms. The molecular weight excluding hydrogens is 308 g/mol. The van der Waals surface area contributed by atoms with Gasteiger partial charge >= 0.3 is 0 Å². The molecule has 1 aromatic heterocycles. The quantitative estimate of drug-likeness (QED) is 0.927. The molecule has 0 aromatic carbocycles. The fraction of sp³-hybridized carbons (Fsp3) is 0.667. The molecule has 2 aliphatic heterocycles. The van der Waals surface area contributed by atoms with E-state index in [1.807, 2.05) is 0 Å². The van der Waals surface area contributed by atoms with Crippen LogP contribution in [0.5, 0.6) is 0 Å².